The van der Waals surface area contributed by atoms with Crippen molar-refractivity contribution >= 4 is 23.8 Å². The number of amidine groups is 1. The number of nitrogens with zero attached hydrogens (tertiary/aromatic N) is 3. The molecule has 0 unspecified atom stereocenters. The van der Waals surface area contributed by atoms with Crippen LogP contribution in [0.4, 0.5) is 5.69 Å². The van der Waals surface area contributed by atoms with Crippen LogP contribution >= 0.6 is 0 Å². The number of hydrogen-bond donors (Lipinski definition) is 1. The molecule has 1 N–H and O–H groups in total. The van der Waals surface area contributed by atoms with Crippen LogP contribution in [0.25, 0.3) is 0 Å². The highest BCUT2D eigenvalue weighted by Gasteiger charge is 2.34. The summed E-state index contributed by atoms with van der Waals surface area (Å²) < 4.78 is 0. The Bertz CT molecular complexity index is 634. The van der Waals surface area contributed by atoms with E-state index in [1.54, 1.807) is 23.4 Å². The molecule has 0 aliphatic carbocycles. The standard InChI is InChI=1S/C14H12N4O2/c19-10-17-7-6-13-16-12(8-18(13)9-17)14(20)15-11-4-2-1-3-5-11/h1-8,10H,9H2,(H,15,20)/q+1. The Kier molecular flexibility index (Phi) is 3.14. The van der Waals surface area contributed by atoms with Crippen molar-refractivity contribution in [3.8, 4) is 0 Å². The van der Waals surface area contributed by atoms with Crippen LogP contribution in [-0.2, 0) is 9.59 Å². The molecule has 2 aliphatic rings. The van der Waals surface area contributed by atoms with Crippen molar-refractivity contribution in [3.63, 3.8) is 0 Å². The molecule has 0 spiro atoms. The minimum Gasteiger partial charge on any atom is -0.320 e. The number of para-hydroxylation sites is 1. The molecule has 0 fully saturated rings. The topological polar surface area (TPSA) is 67.7 Å². The van der Waals surface area contributed by atoms with Gasteiger partial charge in [-0.05, 0) is 12.1 Å². The van der Waals surface area contributed by atoms with Gasteiger partial charge in [-0.2, -0.15) is 4.99 Å². The molecule has 2 aliphatic heterocycles. The van der Waals surface area contributed by atoms with Gasteiger partial charge in [0.05, 0.1) is 0 Å². The highest BCUT2D eigenvalue weighted by atomic mass is 16.2. The Morgan fingerprint density at radius 2 is 2.15 bits per heavy atom. The fourth-order valence-electron chi connectivity index (χ4n) is 1.96. The monoisotopic (exact) mass is 268 g/mol. The number of hydrogen-bond acceptors (Lipinski definition) is 4. The van der Waals surface area contributed by atoms with Gasteiger partial charge in [-0.15, -0.1) is 0 Å². The van der Waals surface area contributed by atoms with E-state index in [0.717, 1.165) is 6.41 Å². The Hall–Kier alpha value is -2.73. The predicted octanol–water partition coefficient (Wildman–Crippen LogP) is 0.962. The van der Waals surface area contributed by atoms with E-state index in [2.05, 4.69) is 10.3 Å². The number of carbonyl (C=O) groups is 2. The molecule has 99 valence electrons. The number of fused-ring (bicyclic) bond motifs is 1. The summed E-state index contributed by atoms with van der Waals surface area (Å²) in [5, 5.41) is 2.77. The maximum atomic E-state index is 12.1. The average molecular weight is 268 g/mol. The van der Waals surface area contributed by atoms with E-state index in [4.69, 9.17) is 0 Å². The lowest BCUT2D eigenvalue weighted by Crippen LogP contribution is -2.41. The molecule has 1 radical (unpaired) electrons. The van der Waals surface area contributed by atoms with Crippen LogP contribution in [0.2, 0.25) is 0 Å². The van der Waals surface area contributed by atoms with Gasteiger partial charge in [0.25, 0.3) is 11.7 Å². The number of anilines is 1. The Morgan fingerprint density at radius 3 is 2.90 bits per heavy atom. The summed E-state index contributed by atoms with van der Waals surface area (Å²) in [6, 6.07) is 9.19. The Balaban J connectivity index is 1.74. The van der Waals surface area contributed by atoms with Crippen LogP contribution in [-0.4, -0.2) is 29.7 Å². The first-order valence-corrected chi connectivity index (χ1v) is 6.09. The van der Waals surface area contributed by atoms with Gasteiger partial charge in [0.1, 0.15) is 0 Å². The lowest BCUT2D eigenvalue weighted by atomic mass is 10.3. The zero-order valence-corrected chi connectivity index (χ0v) is 10.6. The highest BCUT2D eigenvalue weighted by molar-refractivity contribution is 6.10. The second kappa shape index (κ2) is 5.10. The molecule has 2 amide bonds. The predicted molar refractivity (Wildman–Crippen MR) is 74.6 cm³/mol. The molecule has 0 atom stereocenters. The largest absolute Gasteiger partial charge is 0.320 e. The summed E-state index contributed by atoms with van der Waals surface area (Å²) in [4.78, 5) is 30.2. The molecule has 0 bridgehead atoms. The molecule has 2 heterocycles. The van der Waals surface area contributed by atoms with Crippen molar-refractivity contribution in [2.75, 3.05) is 12.0 Å². The number of aliphatic imine (C=N–C) groups is 1. The molecular formula is C14H12N4O2+. The summed E-state index contributed by atoms with van der Waals surface area (Å²) in [5.74, 6) is 0.380. The van der Waals surface area contributed by atoms with E-state index in [1.807, 2.05) is 30.3 Å². The Labute approximate surface area is 115 Å². The van der Waals surface area contributed by atoms with Gasteiger partial charge in [0, 0.05) is 18.0 Å². The van der Waals surface area contributed by atoms with Gasteiger partial charge < -0.3 is 5.32 Å². The quantitative estimate of drug-likeness (QED) is 0.655. The van der Waals surface area contributed by atoms with Gasteiger partial charge in [0.2, 0.25) is 13.1 Å². The van der Waals surface area contributed by atoms with Crippen molar-refractivity contribution in [1.82, 2.24) is 9.80 Å². The first-order chi connectivity index (χ1) is 9.76. The molecule has 1 aromatic carbocycles. The van der Waals surface area contributed by atoms with Crippen LogP contribution in [0.5, 0.6) is 0 Å². The van der Waals surface area contributed by atoms with Crippen molar-refractivity contribution in [2.24, 2.45) is 4.99 Å². The zero-order valence-electron chi connectivity index (χ0n) is 10.6. The third kappa shape index (κ3) is 2.36. The number of rotatable bonds is 3. The highest BCUT2D eigenvalue weighted by Crippen LogP contribution is 2.16. The number of carbonyl (C=O) groups excluding carboxylic acids is 2. The number of nitrogens with one attached hydrogen (secondary N) is 1. The lowest BCUT2D eigenvalue weighted by molar-refractivity contribution is -0.116. The van der Waals surface area contributed by atoms with Gasteiger partial charge in [0.15, 0.2) is 11.9 Å². The molecule has 20 heavy (non-hydrogen) atoms. The van der Waals surface area contributed by atoms with Gasteiger partial charge >= 0.3 is 0 Å². The first kappa shape index (κ1) is 12.3. The van der Waals surface area contributed by atoms with Gasteiger partial charge in [-0.1, -0.05) is 23.1 Å². The van der Waals surface area contributed by atoms with E-state index < -0.39 is 0 Å². The third-order valence-electron chi connectivity index (χ3n) is 2.94. The zero-order chi connectivity index (χ0) is 13.9. The fourth-order valence-corrected chi connectivity index (χ4v) is 1.96. The van der Waals surface area contributed by atoms with Crippen LogP contribution in [0.1, 0.15) is 0 Å². The summed E-state index contributed by atoms with van der Waals surface area (Å²) in [7, 11) is 0. The SMILES string of the molecule is O=CN1C=CC2=NC(C(=O)Nc3ccccc3)=C[N+]2C1. The second-order valence-electron chi connectivity index (χ2n) is 4.35. The molecule has 0 aromatic heterocycles. The van der Waals surface area contributed by atoms with Gasteiger partial charge in [-0.3, -0.25) is 14.5 Å². The molecule has 0 saturated carbocycles. The molecule has 6 nitrogen and oxygen atoms in total. The fraction of sp³-hybridized carbons (Fsp3) is 0.0714. The van der Waals surface area contributed by atoms with Crippen molar-refractivity contribution in [2.45, 2.75) is 0 Å². The number of amides is 2. The van der Waals surface area contributed by atoms with Crippen molar-refractivity contribution < 1.29 is 9.59 Å². The van der Waals surface area contributed by atoms with E-state index in [9.17, 15) is 9.59 Å². The lowest BCUT2D eigenvalue weighted by Gasteiger charge is -2.14. The Morgan fingerprint density at radius 1 is 1.35 bits per heavy atom. The summed E-state index contributed by atoms with van der Waals surface area (Å²) in [6.07, 6.45) is 5.68. The van der Waals surface area contributed by atoms with Crippen LogP contribution in [0.3, 0.4) is 0 Å². The maximum absolute atomic E-state index is 12.1. The summed E-state index contributed by atoms with van der Waals surface area (Å²) in [5.41, 5.74) is 1.04. The molecular weight excluding hydrogens is 256 g/mol. The van der Waals surface area contributed by atoms with Crippen LogP contribution in [0, 0.1) is 0 Å². The second-order valence-corrected chi connectivity index (χ2v) is 4.35. The van der Waals surface area contributed by atoms with E-state index in [0.29, 0.717) is 23.9 Å². The first-order valence-electron chi connectivity index (χ1n) is 6.09. The van der Waals surface area contributed by atoms with Crippen LogP contribution < -0.4 is 10.2 Å². The molecule has 6 heteroatoms. The molecule has 0 saturated heterocycles. The van der Waals surface area contributed by atoms with E-state index in [-0.39, 0.29) is 5.91 Å². The average Bonchev–Trinajstić information content (AvgIpc) is 2.91. The smallest absolute Gasteiger partial charge is 0.285 e. The summed E-state index contributed by atoms with van der Waals surface area (Å²) in [6.45, 7) is 0.362. The minimum atomic E-state index is -0.274. The number of benzene rings is 1. The summed E-state index contributed by atoms with van der Waals surface area (Å²) >= 11 is 0. The minimum absolute atomic E-state index is 0.274. The maximum Gasteiger partial charge on any atom is 0.285 e. The van der Waals surface area contributed by atoms with E-state index >= 15 is 0 Å². The molecule has 1 aromatic rings. The normalized spacial score (nSPS) is 17.3. The van der Waals surface area contributed by atoms with Gasteiger partial charge in [-0.25, -0.2) is 0 Å². The third-order valence-corrected chi connectivity index (χ3v) is 2.94. The van der Waals surface area contributed by atoms with Crippen molar-refractivity contribution in [3.05, 3.63) is 54.5 Å². The van der Waals surface area contributed by atoms with E-state index in [1.165, 1.54) is 4.90 Å². The molecule has 3 rings (SSSR count). The van der Waals surface area contributed by atoms with Crippen LogP contribution in [0.15, 0.2) is 59.5 Å². The van der Waals surface area contributed by atoms with Crippen molar-refractivity contribution in [1.29, 1.82) is 0 Å².